The Morgan fingerprint density at radius 2 is 1.82 bits per heavy atom. The first-order valence-electron chi connectivity index (χ1n) is 4.70. The molecule has 0 atom stereocenters. The lowest BCUT2D eigenvalue weighted by Gasteiger charge is -2.04. The van der Waals surface area contributed by atoms with Crippen LogP contribution >= 0.6 is 0 Å². The highest BCUT2D eigenvalue weighted by Crippen LogP contribution is 2.35. The summed E-state index contributed by atoms with van der Waals surface area (Å²) in [6, 6.07) is 1.98. The summed E-state index contributed by atoms with van der Waals surface area (Å²) in [5.74, 6) is -2.64. The maximum atomic E-state index is 11.4. The third-order valence-corrected chi connectivity index (χ3v) is 1.83. The van der Waals surface area contributed by atoms with Gasteiger partial charge >= 0.3 is 5.97 Å². The van der Waals surface area contributed by atoms with Crippen LogP contribution in [0.15, 0.2) is 36.6 Å². The van der Waals surface area contributed by atoms with Crippen LogP contribution in [0.1, 0.15) is 17.3 Å². The summed E-state index contributed by atoms with van der Waals surface area (Å²) in [4.78, 5) is 11.4. The summed E-state index contributed by atoms with van der Waals surface area (Å²) < 4.78 is 4.70. The van der Waals surface area contributed by atoms with Gasteiger partial charge in [0.05, 0.1) is 11.8 Å². The fourth-order valence-corrected chi connectivity index (χ4v) is 1.00. The zero-order chi connectivity index (χ0) is 13.0. The number of esters is 1. The number of carbonyl (C=O) groups is 1. The molecule has 0 aliphatic carbocycles. The highest BCUT2D eigenvalue weighted by atomic mass is 16.5. The van der Waals surface area contributed by atoms with Crippen LogP contribution in [0.3, 0.4) is 0 Å². The van der Waals surface area contributed by atoms with Crippen molar-refractivity contribution >= 4 is 5.97 Å². The standard InChI is InChI=1S/C12H12O5/c1-7(2)3-4-17-12(16)8-5-9(13)11(15)10(14)6-8/h3-6,13-15H,1H2,2H3. The average Bonchev–Trinajstić information content (AvgIpc) is 2.24. The molecule has 5 heteroatoms. The molecule has 1 rings (SSSR count). The van der Waals surface area contributed by atoms with Crippen molar-refractivity contribution in [3.63, 3.8) is 0 Å². The maximum Gasteiger partial charge on any atom is 0.343 e. The SMILES string of the molecule is C=C(C)C=COC(=O)c1cc(O)c(O)c(O)c1. The van der Waals surface area contributed by atoms with E-state index in [9.17, 15) is 15.0 Å². The van der Waals surface area contributed by atoms with E-state index in [1.807, 2.05) is 0 Å². The van der Waals surface area contributed by atoms with Crippen molar-refractivity contribution in [2.45, 2.75) is 6.92 Å². The molecule has 0 saturated carbocycles. The second kappa shape index (κ2) is 5.07. The molecule has 0 aromatic heterocycles. The quantitative estimate of drug-likeness (QED) is 0.323. The van der Waals surface area contributed by atoms with Crippen molar-refractivity contribution in [2.75, 3.05) is 0 Å². The van der Waals surface area contributed by atoms with Crippen LogP contribution in [0.25, 0.3) is 0 Å². The first kappa shape index (κ1) is 12.6. The lowest BCUT2D eigenvalue weighted by atomic mass is 10.2. The minimum absolute atomic E-state index is 0.0795. The smallest absolute Gasteiger partial charge is 0.343 e. The highest BCUT2D eigenvalue weighted by Gasteiger charge is 2.13. The molecule has 0 unspecified atom stereocenters. The summed E-state index contributed by atoms with van der Waals surface area (Å²) in [6.45, 7) is 5.30. The summed E-state index contributed by atoms with van der Waals surface area (Å²) in [5, 5.41) is 27.5. The fourth-order valence-electron chi connectivity index (χ4n) is 1.00. The molecule has 0 fully saturated rings. The van der Waals surface area contributed by atoms with Gasteiger partial charge in [0, 0.05) is 0 Å². The Kier molecular flexibility index (Phi) is 3.77. The highest BCUT2D eigenvalue weighted by molar-refractivity contribution is 5.91. The maximum absolute atomic E-state index is 11.4. The predicted octanol–water partition coefficient (Wildman–Crippen LogP) is 2.05. The Hall–Kier alpha value is -2.43. The van der Waals surface area contributed by atoms with Gasteiger partial charge in [0.1, 0.15) is 0 Å². The summed E-state index contributed by atoms with van der Waals surface area (Å²) in [6.07, 6.45) is 2.63. The number of allylic oxidation sites excluding steroid dienone is 2. The van der Waals surface area contributed by atoms with Gasteiger partial charge < -0.3 is 20.1 Å². The van der Waals surface area contributed by atoms with E-state index in [0.29, 0.717) is 5.57 Å². The minimum atomic E-state index is -0.770. The van der Waals surface area contributed by atoms with Crippen LogP contribution in [0, 0.1) is 0 Å². The average molecular weight is 236 g/mol. The summed E-state index contributed by atoms with van der Waals surface area (Å²) in [7, 11) is 0. The van der Waals surface area contributed by atoms with Gasteiger partial charge in [0.2, 0.25) is 0 Å². The zero-order valence-electron chi connectivity index (χ0n) is 9.17. The molecule has 0 aliphatic heterocycles. The lowest BCUT2D eigenvalue weighted by Crippen LogP contribution is -2.00. The molecule has 5 nitrogen and oxygen atoms in total. The molecule has 1 aromatic rings. The van der Waals surface area contributed by atoms with Crippen molar-refractivity contribution in [2.24, 2.45) is 0 Å². The predicted molar refractivity (Wildman–Crippen MR) is 60.8 cm³/mol. The Balaban J connectivity index is 2.87. The molecule has 0 saturated heterocycles. The third-order valence-electron chi connectivity index (χ3n) is 1.83. The molecule has 90 valence electrons. The van der Waals surface area contributed by atoms with Gasteiger partial charge in [-0.25, -0.2) is 4.79 Å². The number of ether oxygens (including phenoxy) is 1. The van der Waals surface area contributed by atoms with Crippen molar-refractivity contribution in [3.05, 3.63) is 42.2 Å². The van der Waals surface area contributed by atoms with E-state index in [4.69, 9.17) is 9.84 Å². The second-order valence-electron chi connectivity index (χ2n) is 3.42. The number of hydrogen-bond donors (Lipinski definition) is 3. The molecule has 0 radical (unpaired) electrons. The largest absolute Gasteiger partial charge is 0.504 e. The molecule has 0 heterocycles. The number of hydrogen-bond acceptors (Lipinski definition) is 5. The molecule has 0 aliphatic rings. The first-order chi connectivity index (χ1) is 7.91. The minimum Gasteiger partial charge on any atom is -0.504 e. The number of aromatic hydroxyl groups is 3. The molecule has 0 bridgehead atoms. The zero-order valence-corrected chi connectivity index (χ0v) is 9.17. The van der Waals surface area contributed by atoms with E-state index >= 15 is 0 Å². The van der Waals surface area contributed by atoms with Gasteiger partial charge in [0.25, 0.3) is 0 Å². The van der Waals surface area contributed by atoms with Gasteiger partial charge in [-0.1, -0.05) is 12.2 Å². The van der Waals surface area contributed by atoms with Crippen molar-refractivity contribution in [1.29, 1.82) is 0 Å². The first-order valence-corrected chi connectivity index (χ1v) is 4.70. The normalized spacial score (nSPS) is 10.4. The Morgan fingerprint density at radius 1 is 1.29 bits per heavy atom. The van der Waals surface area contributed by atoms with E-state index in [2.05, 4.69) is 6.58 Å². The van der Waals surface area contributed by atoms with E-state index in [-0.39, 0.29) is 5.56 Å². The number of rotatable bonds is 3. The van der Waals surface area contributed by atoms with Crippen LogP contribution in [-0.2, 0) is 4.74 Å². The number of phenols is 3. The molecular formula is C12H12O5. The monoisotopic (exact) mass is 236 g/mol. The van der Waals surface area contributed by atoms with E-state index < -0.39 is 23.2 Å². The van der Waals surface area contributed by atoms with Gasteiger partial charge in [-0.3, -0.25) is 0 Å². The van der Waals surface area contributed by atoms with Crippen molar-refractivity contribution in [1.82, 2.24) is 0 Å². The number of benzene rings is 1. The Labute approximate surface area is 97.9 Å². The molecule has 0 spiro atoms. The van der Waals surface area contributed by atoms with Crippen LogP contribution in [-0.4, -0.2) is 21.3 Å². The van der Waals surface area contributed by atoms with E-state index in [0.717, 1.165) is 18.4 Å². The summed E-state index contributed by atoms with van der Waals surface area (Å²) >= 11 is 0. The van der Waals surface area contributed by atoms with E-state index in [1.165, 1.54) is 6.08 Å². The van der Waals surface area contributed by atoms with Crippen molar-refractivity contribution < 1.29 is 24.9 Å². The summed E-state index contributed by atoms with van der Waals surface area (Å²) in [5.41, 5.74) is 0.623. The molecule has 3 N–H and O–H groups in total. The molecule has 0 amide bonds. The van der Waals surface area contributed by atoms with Gasteiger partial charge in [0.15, 0.2) is 17.2 Å². The fraction of sp³-hybridized carbons (Fsp3) is 0.0833. The van der Waals surface area contributed by atoms with E-state index in [1.54, 1.807) is 6.92 Å². The van der Waals surface area contributed by atoms with Crippen LogP contribution in [0.5, 0.6) is 17.2 Å². The molecule has 1 aromatic carbocycles. The number of phenolic OH excluding ortho intramolecular Hbond substituents is 3. The van der Waals surface area contributed by atoms with Gasteiger partial charge in [-0.05, 0) is 25.1 Å². The van der Waals surface area contributed by atoms with Gasteiger partial charge in [-0.2, -0.15) is 0 Å². The second-order valence-corrected chi connectivity index (χ2v) is 3.42. The van der Waals surface area contributed by atoms with Crippen molar-refractivity contribution in [3.8, 4) is 17.2 Å². The molecule has 17 heavy (non-hydrogen) atoms. The van der Waals surface area contributed by atoms with Crippen LogP contribution < -0.4 is 0 Å². The van der Waals surface area contributed by atoms with Crippen LogP contribution in [0.4, 0.5) is 0 Å². The molecular weight excluding hydrogens is 224 g/mol. The Morgan fingerprint density at radius 3 is 2.29 bits per heavy atom. The topological polar surface area (TPSA) is 87.0 Å². The van der Waals surface area contributed by atoms with Gasteiger partial charge in [-0.15, -0.1) is 0 Å². The number of carbonyl (C=O) groups excluding carboxylic acids is 1. The van der Waals surface area contributed by atoms with Crippen LogP contribution in [0.2, 0.25) is 0 Å². The lowest BCUT2D eigenvalue weighted by molar-refractivity contribution is 0.0662. The third kappa shape index (κ3) is 3.27. The Bertz CT molecular complexity index is 465.